The molecule has 0 aliphatic carbocycles. The molecule has 1 aromatic rings. The second-order valence-electron chi connectivity index (χ2n) is 5.51. The maximum absolute atomic E-state index is 12.6. The van der Waals surface area contributed by atoms with Crippen LogP contribution in [0.1, 0.15) is 29.6 Å². The zero-order valence-electron chi connectivity index (χ0n) is 11.6. The molecule has 21 heavy (non-hydrogen) atoms. The SMILES string of the molecule is O=C(O)c1csc(S(=O)(=O)N2CCN3CCCCC3C2)c1. The Hall–Kier alpha value is -0.960. The molecule has 1 unspecified atom stereocenters. The minimum Gasteiger partial charge on any atom is -0.478 e. The number of piperidine rings is 1. The second-order valence-corrected chi connectivity index (χ2v) is 8.58. The van der Waals surface area contributed by atoms with Gasteiger partial charge < -0.3 is 5.11 Å². The molecule has 0 radical (unpaired) electrons. The van der Waals surface area contributed by atoms with E-state index in [1.165, 1.54) is 22.2 Å². The van der Waals surface area contributed by atoms with Crippen LogP contribution in [0, 0.1) is 0 Å². The first-order valence-corrected chi connectivity index (χ1v) is 9.36. The summed E-state index contributed by atoms with van der Waals surface area (Å²) in [5.41, 5.74) is 0.0369. The standard InChI is InChI=1S/C13H18N2O4S2/c16-13(17)10-7-12(20-9-10)21(18,19)15-6-5-14-4-2-1-3-11(14)8-15/h7,9,11H,1-6,8H2,(H,16,17). The van der Waals surface area contributed by atoms with Crippen molar-refractivity contribution < 1.29 is 18.3 Å². The lowest BCUT2D eigenvalue weighted by atomic mass is 10.0. The Balaban J connectivity index is 1.79. The maximum Gasteiger partial charge on any atom is 0.336 e. The quantitative estimate of drug-likeness (QED) is 0.904. The number of piperazine rings is 1. The summed E-state index contributed by atoms with van der Waals surface area (Å²) < 4.78 is 26.9. The highest BCUT2D eigenvalue weighted by atomic mass is 32.2. The summed E-state index contributed by atoms with van der Waals surface area (Å²) in [5.74, 6) is -1.09. The molecule has 6 nitrogen and oxygen atoms in total. The van der Waals surface area contributed by atoms with E-state index >= 15 is 0 Å². The molecule has 0 bridgehead atoms. The van der Waals surface area contributed by atoms with Crippen molar-refractivity contribution in [3.63, 3.8) is 0 Å². The van der Waals surface area contributed by atoms with Crippen molar-refractivity contribution in [2.24, 2.45) is 0 Å². The highest BCUT2D eigenvalue weighted by molar-refractivity contribution is 7.91. The van der Waals surface area contributed by atoms with Crippen LogP contribution >= 0.6 is 11.3 Å². The number of hydrogen-bond acceptors (Lipinski definition) is 5. The predicted molar refractivity (Wildman–Crippen MR) is 79.2 cm³/mol. The van der Waals surface area contributed by atoms with E-state index in [2.05, 4.69) is 4.90 Å². The predicted octanol–water partition coefficient (Wildman–Crippen LogP) is 1.31. The van der Waals surface area contributed by atoms with Gasteiger partial charge in [0.1, 0.15) is 4.21 Å². The van der Waals surface area contributed by atoms with Crippen molar-refractivity contribution in [3.8, 4) is 0 Å². The average Bonchev–Trinajstić information content (AvgIpc) is 2.97. The van der Waals surface area contributed by atoms with E-state index in [0.29, 0.717) is 19.1 Å². The normalized spacial score (nSPS) is 24.7. The summed E-state index contributed by atoms with van der Waals surface area (Å²) in [6.07, 6.45) is 3.38. The summed E-state index contributed by atoms with van der Waals surface area (Å²) in [6, 6.07) is 1.57. The average molecular weight is 330 g/mol. The number of nitrogens with zero attached hydrogens (tertiary/aromatic N) is 2. The topological polar surface area (TPSA) is 77.9 Å². The van der Waals surface area contributed by atoms with E-state index in [1.54, 1.807) is 0 Å². The molecule has 1 atom stereocenters. The van der Waals surface area contributed by atoms with Gasteiger partial charge in [-0.2, -0.15) is 4.31 Å². The van der Waals surface area contributed by atoms with Gasteiger partial charge in [0.2, 0.25) is 0 Å². The number of thiophene rings is 1. The van der Waals surface area contributed by atoms with Crippen LogP contribution in [-0.2, 0) is 10.0 Å². The third kappa shape index (κ3) is 2.85. The third-order valence-electron chi connectivity index (χ3n) is 4.22. The molecule has 116 valence electrons. The molecule has 0 amide bonds. The number of carboxylic acid groups (broad SMARTS) is 1. The van der Waals surface area contributed by atoms with Crippen molar-refractivity contribution in [3.05, 3.63) is 17.0 Å². The molecule has 8 heteroatoms. The van der Waals surface area contributed by atoms with Crippen molar-refractivity contribution in [1.29, 1.82) is 0 Å². The lowest BCUT2D eigenvalue weighted by molar-refractivity contribution is 0.0697. The van der Waals surface area contributed by atoms with Crippen molar-refractivity contribution in [2.75, 3.05) is 26.2 Å². The molecule has 2 aliphatic rings. The van der Waals surface area contributed by atoms with Gasteiger partial charge in [-0.1, -0.05) is 6.42 Å². The highest BCUT2D eigenvalue weighted by Crippen LogP contribution is 2.28. The van der Waals surface area contributed by atoms with Crippen LogP contribution in [0.15, 0.2) is 15.7 Å². The summed E-state index contributed by atoms with van der Waals surface area (Å²) in [4.78, 5) is 13.3. The monoisotopic (exact) mass is 330 g/mol. The van der Waals surface area contributed by atoms with Crippen LogP contribution in [0.5, 0.6) is 0 Å². The van der Waals surface area contributed by atoms with Crippen molar-refractivity contribution >= 4 is 27.3 Å². The van der Waals surface area contributed by atoms with Gasteiger partial charge in [-0.25, -0.2) is 13.2 Å². The number of sulfonamides is 1. The van der Waals surface area contributed by atoms with Gasteiger partial charge in [0.15, 0.2) is 0 Å². The first-order valence-electron chi connectivity index (χ1n) is 7.04. The first kappa shape index (κ1) is 15.0. The van der Waals surface area contributed by atoms with Crippen LogP contribution in [0.25, 0.3) is 0 Å². The number of aromatic carboxylic acids is 1. The van der Waals surface area contributed by atoms with Gasteiger partial charge in [0.05, 0.1) is 5.56 Å². The molecule has 0 aromatic carbocycles. The minimum atomic E-state index is -3.56. The Morgan fingerprint density at radius 2 is 2.10 bits per heavy atom. The lowest BCUT2D eigenvalue weighted by Gasteiger charge is -2.43. The van der Waals surface area contributed by atoms with E-state index in [-0.39, 0.29) is 9.77 Å². The second kappa shape index (κ2) is 5.68. The largest absolute Gasteiger partial charge is 0.478 e. The Bertz CT molecular complexity index is 640. The number of carbonyl (C=O) groups is 1. The van der Waals surface area contributed by atoms with Gasteiger partial charge >= 0.3 is 5.97 Å². The van der Waals surface area contributed by atoms with E-state index < -0.39 is 16.0 Å². The van der Waals surface area contributed by atoms with Gasteiger partial charge in [0, 0.05) is 31.1 Å². The van der Waals surface area contributed by atoms with Gasteiger partial charge in [-0.05, 0) is 25.5 Å². The summed E-state index contributed by atoms with van der Waals surface area (Å²) in [5, 5.41) is 10.3. The van der Waals surface area contributed by atoms with E-state index in [0.717, 1.165) is 37.3 Å². The van der Waals surface area contributed by atoms with Crippen LogP contribution in [0.3, 0.4) is 0 Å². The molecule has 0 spiro atoms. The Kier molecular flexibility index (Phi) is 4.04. The van der Waals surface area contributed by atoms with Crippen LogP contribution in [0.4, 0.5) is 0 Å². The molecule has 3 heterocycles. The summed E-state index contributed by atoms with van der Waals surface area (Å²) in [6.45, 7) is 2.82. The molecule has 2 saturated heterocycles. The minimum absolute atomic E-state index is 0.0369. The molecule has 3 rings (SSSR count). The zero-order valence-corrected chi connectivity index (χ0v) is 13.2. The zero-order chi connectivity index (χ0) is 15.0. The molecular weight excluding hydrogens is 312 g/mol. The number of carboxylic acids is 1. The van der Waals surface area contributed by atoms with Crippen molar-refractivity contribution in [1.82, 2.24) is 9.21 Å². The molecular formula is C13H18N2O4S2. The Labute approximate surface area is 128 Å². The van der Waals surface area contributed by atoms with Crippen LogP contribution in [-0.4, -0.2) is 60.9 Å². The highest BCUT2D eigenvalue weighted by Gasteiger charge is 2.35. The Morgan fingerprint density at radius 3 is 2.81 bits per heavy atom. The molecule has 1 N–H and O–H groups in total. The molecule has 1 aromatic heterocycles. The van der Waals surface area contributed by atoms with Crippen molar-refractivity contribution in [2.45, 2.75) is 29.5 Å². The lowest BCUT2D eigenvalue weighted by Crippen LogP contribution is -2.55. The van der Waals surface area contributed by atoms with E-state index in [4.69, 9.17) is 5.11 Å². The fourth-order valence-corrected chi connectivity index (χ4v) is 5.81. The Morgan fingerprint density at radius 1 is 1.29 bits per heavy atom. The van der Waals surface area contributed by atoms with E-state index in [1.807, 2.05) is 0 Å². The molecule has 2 fully saturated rings. The fourth-order valence-electron chi connectivity index (χ4n) is 3.04. The summed E-state index contributed by atoms with van der Waals surface area (Å²) in [7, 11) is -3.56. The third-order valence-corrected chi connectivity index (χ3v) is 7.50. The smallest absolute Gasteiger partial charge is 0.336 e. The fraction of sp³-hybridized carbons (Fsp3) is 0.615. The van der Waals surface area contributed by atoms with Crippen LogP contribution < -0.4 is 0 Å². The van der Waals surface area contributed by atoms with Gasteiger partial charge in [-0.3, -0.25) is 4.90 Å². The van der Waals surface area contributed by atoms with Crippen LogP contribution in [0.2, 0.25) is 0 Å². The van der Waals surface area contributed by atoms with Gasteiger partial charge in [0.25, 0.3) is 10.0 Å². The number of rotatable bonds is 3. The number of fused-ring (bicyclic) bond motifs is 1. The first-order chi connectivity index (χ1) is 9.98. The van der Waals surface area contributed by atoms with Gasteiger partial charge in [-0.15, -0.1) is 11.3 Å². The summed E-state index contributed by atoms with van der Waals surface area (Å²) >= 11 is 0.984. The maximum atomic E-state index is 12.6. The molecule has 0 saturated carbocycles. The van der Waals surface area contributed by atoms with E-state index in [9.17, 15) is 13.2 Å². The number of hydrogen-bond donors (Lipinski definition) is 1. The molecule has 2 aliphatic heterocycles.